The zero-order valence-electron chi connectivity index (χ0n) is 15.5. The first kappa shape index (κ1) is 19.7. The summed E-state index contributed by atoms with van der Waals surface area (Å²) in [4.78, 5) is 14.0. The minimum atomic E-state index is -3.02. The van der Waals surface area contributed by atoms with Gasteiger partial charge in [0.1, 0.15) is 5.75 Å². The molecule has 0 saturated carbocycles. The Balaban J connectivity index is 1.67. The lowest BCUT2D eigenvalue weighted by molar-refractivity contribution is -0.128. The summed E-state index contributed by atoms with van der Waals surface area (Å²) in [5, 5.41) is 9.00. The van der Waals surface area contributed by atoms with Gasteiger partial charge in [0.15, 0.2) is 20.8 Å². The molecule has 1 atom stereocenters. The molecule has 0 spiro atoms. The molecule has 1 aromatic carbocycles. The van der Waals surface area contributed by atoms with Gasteiger partial charge in [-0.15, -0.1) is 10.2 Å². The summed E-state index contributed by atoms with van der Waals surface area (Å²) < 4.78 is 30.4. The number of para-hydroxylation sites is 1. The molecule has 10 heteroatoms. The largest absolute Gasteiger partial charge is 0.496 e. The molecule has 1 fully saturated rings. The molecule has 1 aromatic heterocycles. The first-order chi connectivity index (χ1) is 12.8. The Kier molecular flexibility index (Phi) is 5.75. The van der Waals surface area contributed by atoms with Crippen LogP contribution in [0.2, 0.25) is 0 Å². The minimum Gasteiger partial charge on any atom is -0.496 e. The number of ether oxygens (including phenoxy) is 1. The second kappa shape index (κ2) is 7.89. The van der Waals surface area contributed by atoms with Crippen molar-refractivity contribution in [2.75, 3.05) is 31.4 Å². The van der Waals surface area contributed by atoms with E-state index in [-0.39, 0.29) is 29.2 Å². The van der Waals surface area contributed by atoms with Crippen LogP contribution in [-0.4, -0.2) is 71.4 Å². The molecule has 146 valence electrons. The van der Waals surface area contributed by atoms with Crippen molar-refractivity contribution in [1.29, 1.82) is 0 Å². The fraction of sp³-hybridized carbons (Fsp3) is 0.471. The van der Waals surface area contributed by atoms with E-state index in [1.807, 2.05) is 35.9 Å². The molecule has 1 saturated heterocycles. The van der Waals surface area contributed by atoms with Crippen LogP contribution in [0, 0.1) is 0 Å². The second-order valence-corrected chi connectivity index (χ2v) is 9.59. The molecule has 0 bridgehead atoms. The van der Waals surface area contributed by atoms with Crippen LogP contribution in [0.4, 0.5) is 0 Å². The van der Waals surface area contributed by atoms with E-state index in [1.54, 1.807) is 14.2 Å². The maximum Gasteiger partial charge on any atom is 0.233 e. The summed E-state index contributed by atoms with van der Waals surface area (Å²) >= 11 is 1.28. The third kappa shape index (κ3) is 4.27. The van der Waals surface area contributed by atoms with Crippen LogP contribution < -0.4 is 4.74 Å². The van der Waals surface area contributed by atoms with Gasteiger partial charge in [0.05, 0.1) is 29.9 Å². The van der Waals surface area contributed by atoms with Crippen molar-refractivity contribution in [2.24, 2.45) is 7.05 Å². The van der Waals surface area contributed by atoms with Crippen LogP contribution in [0.25, 0.3) is 11.4 Å². The zero-order chi connectivity index (χ0) is 19.6. The van der Waals surface area contributed by atoms with Gasteiger partial charge in [0.2, 0.25) is 5.91 Å². The topological polar surface area (TPSA) is 94.4 Å². The van der Waals surface area contributed by atoms with Crippen molar-refractivity contribution in [2.45, 2.75) is 17.6 Å². The molecule has 0 aliphatic carbocycles. The van der Waals surface area contributed by atoms with Gasteiger partial charge < -0.3 is 14.2 Å². The number of carbonyl (C=O) groups is 1. The van der Waals surface area contributed by atoms with E-state index in [9.17, 15) is 13.2 Å². The second-order valence-electron chi connectivity index (χ2n) is 6.42. The van der Waals surface area contributed by atoms with Gasteiger partial charge in [0.25, 0.3) is 0 Å². The van der Waals surface area contributed by atoms with E-state index in [0.29, 0.717) is 23.2 Å². The average molecular weight is 411 g/mol. The van der Waals surface area contributed by atoms with Gasteiger partial charge in [-0.05, 0) is 18.6 Å². The normalized spacial score (nSPS) is 18.4. The van der Waals surface area contributed by atoms with Gasteiger partial charge in [-0.3, -0.25) is 4.79 Å². The van der Waals surface area contributed by atoms with Crippen molar-refractivity contribution < 1.29 is 17.9 Å². The predicted octanol–water partition coefficient (Wildman–Crippen LogP) is 1.23. The van der Waals surface area contributed by atoms with Gasteiger partial charge in [-0.2, -0.15) is 0 Å². The molecule has 0 N–H and O–H groups in total. The maximum absolute atomic E-state index is 12.4. The third-order valence-corrected chi connectivity index (χ3v) is 7.41. The Morgan fingerprint density at radius 2 is 2.11 bits per heavy atom. The van der Waals surface area contributed by atoms with E-state index in [0.717, 1.165) is 5.56 Å². The van der Waals surface area contributed by atoms with Crippen molar-refractivity contribution in [3.63, 3.8) is 0 Å². The van der Waals surface area contributed by atoms with Crippen LogP contribution in [0.1, 0.15) is 6.42 Å². The monoisotopic (exact) mass is 410 g/mol. The lowest BCUT2D eigenvalue weighted by atomic mass is 10.2. The van der Waals surface area contributed by atoms with E-state index < -0.39 is 9.84 Å². The molecule has 2 aromatic rings. The SMILES string of the molecule is COc1ccccc1-c1nnc(SCC(=O)N(C)[C@H]2CCS(=O)(=O)C2)n1C. The first-order valence-electron chi connectivity index (χ1n) is 8.44. The lowest BCUT2D eigenvalue weighted by Gasteiger charge is -2.23. The molecule has 27 heavy (non-hydrogen) atoms. The number of thioether (sulfide) groups is 1. The van der Waals surface area contributed by atoms with Crippen LogP contribution in [0.3, 0.4) is 0 Å². The number of methoxy groups -OCH3 is 1. The van der Waals surface area contributed by atoms with Gasteiger partial charge >= 0.3 is 0 Å². The highest BCUT2D eigenvalue weighted by Gasteiger charge is 2.32. The summed E-state index contributed by atoms with van der Waals surface area (Å²) in [6.07, 6.45) is 0.497. The molecule has 2 heterocycles. The zero-order valence-corrected chi connectivity index (χ0v) is 17.1. The molecular formula is C17H22N4O4S2. The molecule has 8 nitrogen and oxygen atoms in total. The predicted molar refractivity (Wildman–Crippen MR) is 104 cm³/mol. The number of hydrogen-bond donors (Lipinski definition) is 0. The molecule has 0 unspecified atom stereocenters. The van der Waals surface area contributed by atoms with Crippen molar-refractivity contribution in [1.82, 2.24) is 19.7 Å². The van der Waals surface area contributed by atoms with Crippen LogP contribution in [0.15, 0.2) is 29.4 Å². The third-order valence-electron chi connectivity index (χ3n) is 4.66. The van der Waals surface area contributed by atoms with Gasteiger partial charge in [-0.25, -0.2) is 8.42 Å². The van der Waals surface area contributed by atoms with Gasteiger partial charge in [0, 0.05) is 20.1 Å². The number of benzene rings is 1. The fourth-order valence-corrected chi connectivity index (χ4v) is 5.63. The molecule has 0 radical (unpaired) electrons. The highest BCUT2D eigenvalue weighted by molar-refractivity contribution is 7.99. The highest BCUT2D eigenvalue weighted by atomic mass is 32.2. The van der Waals surface area contributed by atoms with Crippen LogP contribution in [-0.2, 0) is 21.7 Å². The average Bonchev–Trinajstić information content (AvgIpc) is 3.21. The Hall–Kier alpha value is -2.07. The van der Waals surface area contributed by atoms with Gasteiger partial charge in [-0.1, -0.05) is 23.9 Å². The molecular weight excluding hydrogens is 388 g/mol. The Morgan fingerprint density at radius 1 is 1.37 bits per heavy atom. The molecule has 1 amide bonds. The Labute approximate surface area is 162 Å². The standard InChI is InChI=1S/C17H22N4O4S2/c1-20(12-8-9-27(23,24)11-12)15(22)10-26-17-19-18-16(21(17)2)13-6-4-5-7-14(13)25-3/h4-7,12H,8-11H2,1-3H3/t12-/m0/s1. The number of nitrogens with zero attached hydrogens (tertiary/aromatic N) is 4. The summed E-state index contributed by atoms with van der Waals surface area (Å²) in [5.41, 5.74) is 0.821. The van der Waals surface area contributed by atoms with Crippen molar-refractivity contribution >= 4 is 27.5 Å². The van der Waals surface area contributed by atoms with Crippen LogP contribution in [0.5, 0.6) is 5.75 Å². The van der Waals surface area contributed by atoms with Crippen molar-refractivity contribution in [3.05, 3.63) is 24.3 Å². The Morgan fingerprint density at radius 3 is 2.78 bits per heavy atom. The summed E-state index contributed by atoms with van der Waals surface area (Å²) in [6, 6.07) is 7.29. The highest BCUT2D eigenvalue weighted by Crippen LogP contribution is 2.30. The van der Waals surface area contributed by atoms with E-state index in [4.69, 9.17) is 4.74 Å². The number of rotatable bonds is 6. The van der Waals surface area contributed by atoms with E-state index in [2.05, 4.69) is 10.2 Å². The minimum absolute atomic E-state index is 0.0435. The quantitative estimate of drug-likeness (QED) is 0.661. The number of sulfone groups is 1. The number of hydrogen-bond acceptors (Lipinski definition) is 7. The molecule has 3 rings (SSSR count). The summed E-state index contributed by atoms with van der Waals surface area (Å²) in [7, 11) is 2.07. The van der Waals surface area contributed by atoms with Crippen LogP contribution >= 0.6 is 11.8 Å². The lowest BCUT2D eigenvalue weighted by Crippen LogP contribution is -2.38. The fourth-order valence-electron chi connectivity index (χ4n) is 3.02. The Bertz CT molecular complexity index is 942. The number of aromatic nitrogens is 3. The maximum atomic E-state index is 12.4. The molecule has 1 aliphatic heterocycles. The van der Waals surface area contributed by atoms with Crippen molar-refractivity contribution in [3.8, 4) is 17.1 Å². The van der Waals surface area contributed by atoms with E-state index >= 15 is 0 Å². The smallest absolute Gasteiger partial charge is 0.233 e. The van der Waals surface area contributed by atoms with E-state index in [1.165, 1.54) is 16.7 Å². The molecule has 1 aliphatic rings. The number of amides is 1. The summed E-state index contributed by atoms with van der Waals surface area (Å²) in [6.45, 7) is 0. The summed E-state index contributed by atoms with van der Waals surface area (Å²) in [5.74, 6) is 1.59. The first-order valence-corrected chi connectivity index (χ1v) is 11.2. The number of carbonyl (C=O) groups excluding carboxylic acids is 1.